The van der Waals surface area contributed by atoms with E-state index in [9.17, 15) is 15.0 Å². The minimum atomic E-state index is -0.869. The monoisotopic (exact) mass is 388 g/mol. The Morgan fingerprint density at radius 3 is 2.64 bits per heavy atom. The van der Waals surface area contributed by atoms with Crippen molar-refractivity contribution in [3.05, 3.63) is 34.6 Å². The molecule has 0 bridgehead atoms. The van der Waals surface area contributed by atoms with E-state index in [4.69, 9.17) is 11.2 Å². The molecule has 0 aromatic rings. The molecule has 2 unspecified atom stereocenters. The van der Waals surface area contributed by atoms with Gasteiger partial charge < -0.3 is 14.9 Å². The average molecular weight is 389 g/mol. The number of terminal acetylenes is 1. The molecule has 0 aromatic heterocycles. The molecule has 0 heterocycles. The zero-order valence-electron chi connectivity index (χ0n) is 18.0. The number of carbonyl (C=O) groups is 1. The van der Waals surface area contributed by atoms with Gasteiger partial charge in [0.2, 0.25) is 0 Å². The smallest absolute Gasteiger partial charge is 0.341 e. The largest absolute Gasteiger partial charge is 0.511 e. The quantitative estimate of drug-likeness (QED) is 0.108. The standard InChI is InChI=1S/C24H36O4/c1-7-9-10-12-18(11-8-2)22(23(26)28-6)21(25)16-19-15-17(3)13-14-20(19)24(4,5)27/h2,11,15,19-20,25,27H,7,9-10,12-14,16H2,1,3-6H3/b18-11-,22-21-. The molecular formula is C24H36O4. The minimum Gasteiger partial charge on any atom is -0.511 e. The Morgan fingerprint density at radius 1 is 1.43 bits per heavy atom. The second kappa shape index (κ2) is 11.1. The summed E-state index contributed by atoms with van der Waals surface area (Å²) in [4.78, 5) is 12.5. The second-order valence-electron chi connectivity index (χ2n) is 8.29. The fraction of sp³-hybridized carbons (Fsp3) is 0.625. The number of methoxy groups -OCH3 is 1. The second-order valence-corrected chi connectivity index (χ2v) is 8.29. The molecule has 0 radical (unpaired) electrons. The first-order valence-corrected chi connectivity index (χ1v) is 10.2. The van der Waals surface area contributed by atoms with Crippen LogP contribution in [-0.2, 0) is 9.53 Å². The molecular weight excluding hydrogens is 352 g/mol. The normalized spacial score (nSPS) is 21.5. The Bertz CT molecular complexity index is 668. The highest BCUT2D eigenvalue weighted by molar-refractivity contribution is 5.94. The van der Waals surface area contributed by atoms with Crippen LogP contribution >= 0.6 is 0 Å². The fourth-order valence-electron chi connectivity index (χ4n) is 4.04. The summed E-state index contributed by atoms with van der Waals surface area (Å²) in [6.07, 6.45) is 14.7. The number of unbranched alkanes of at least 4 members (excludes halogenated alkanes) is 2. The van der Waals surface area contributed by atoms with Crippen LogP contribution in [0.25, 0.3) is 0 Å². The molecule has 1 aliphatic rings. The number of allylic oxidation sites excluding steroid dienone is 4. The van der Waals surface area contributed by atoms with Gasteiger partial charge >= 0.3 is 5.97 Å². The van der Waals surface area contributed by atoms with Crippen molar-refractivity contribution in [1.82, 2.24) is 0 Å². The highest BCUT2D eigenvalue weighted by Gasteiger charge is 2.36. The molecule has 0 fully saturated rings. The van der Waals surface area contributed by atoms with Crippen LogP contribution in [0.5, 0.6) is 0 Å². The summed E-state index contributed by atoms with van der Waals surface area (Å²) in [5, 5.41) is 21.5. The zero-order valence-corrected chi connectivity index (χ0v) is 18.0. The van der Waals surface area contributed by atoms with Crippen molar-refractivity contribution in [3.63, 3.8) is 0 Å². The zero-order chi connectivity index (χ0) is 21.3. The Morgan fingerprint density at radius 2 is 2.11 bits per heavy atom. The Balaban J connectivity index is 3.29. The number of esters is 1. The topological polar surface area (TPSA) is 66.8 Å². The van der Waals surface area contributed by atoms with E-state index in [1.165, 1.54) is 12.7 Å². The van der Waals surface area contributed by atoms with Gasteiger partial charge in [0.05, 0.1) is 12.7 Å². The number of aliphatic hydroxyl groups is 2. The van der Waals surface area contributed by atoms with Crippen molar-refractivity contribution in [2.45, 2.75) is 78.2 Å². The molecule has 4 heteroatoms. The number of hydrogen-bond acceptors (Lipinski definition) is 4. The molecule has 28 heavy (non-hydrogen) atoms. The van der Waals surface area contributed by atoms with Crippen LogP contribution in [0.4, 0.5) is 0 Å². The number of hydrogen-bond donors (Lipinski definition) is 2. The summed E-state index contributed by atoms with van der Waals surface area (Å²) in [5.74, 6) is 1.83. The summed E-state index contributed by atoms with van der Waals surface area (Å²) >= 11 is 0. The van der Waals surface area contributed by atoms with Gasteiger partial charge in [-0.25, -0.2) is 4.79 Å². The molecule has 0 saturated carbocycles. The van der Waals surface area contributed by atoms with Gasteiger partial charge in [-0.2, -0.15) is 0 Å². The predicted molar refractivity (Wildman–Crippen MR) is 114 cm³/mol. The lowest BCUT2D eigenvalue weighted by atomic mass is 9.71. The van der Waals surface area contributed by atoms with Crippen LogP contribution < -0.4 is 0 Å². The van der Waals surface area contributed by atoms with Crippen molar-refractivity contribution in [1.29, 1.82) is 0 Å². The van der Waals surface area contributed by atoms with Gasteiger partial charge in [-0.1, -0.05) is 37.3 Å². The molecule has 0 aliphatic heterocycles. The highest BCUT2D eigenvalue weighted by Crippen LogP contribution is 2.39. The van der Waals surface area contributed by atoms with E-state index in [2.05, 4.69) is 25.8 Å². The van der Waals surface area contributed by atoms with E-state index >= 15 is 0 Å². The summed E-state index contributed by atoms with van der Waals surface area (Å²) in [6.45, 7) is 7.77. The van der Waals surface area contributed by atoms with Crippen molar-refractivity contribution in [3.8, 4) is 12.3 Å². The van der Waals surface area contributed by atoms with E-state index in [1.807, 2.05) is 0 Å². The lowest BCUT2D eigenvalue weighted by molar-refractivity contribution is -0.136. The average Bonchev–Trinajstić information content (AvgIpc) is 2.60. The first-order chi connectivity index (χ1) is 13.1. The molecule has 1 aliphatic carbocycles. The number of carbonyl (C=O) groups excluding carboxylic acids is 1. The molecule has 156 valence electrons. The maximum absolute atomic E-state index is 12.5. The van der Waals surface area contributed by atoms with Gasteiger partial charge in [-0.15, -0.1) is 6.42 Å². The summed E-state index contributed by atoms with van der Waals surface area (Å²) in [7, 11) is 1.31. The molecule has 2 atom stereocenters. The van der Waals surface area contributed by atoms with E-state index in [0.29, 0.717) is 12.0 Å². The van der Waals surface area contributed by atoms with Crippen LogP contribution in [0.1, 0.15) is 72.6 Å². The molecule has 0 spiro atoms. The third kappa shape index (κ3) is 6.87. The number of rotatable bonds is 9. The van der Waals surface area contributed by atoms with Crippen molar-refractivity contribution >= 4 is 5.97 Å². The maximum Gasteiger partial charge on any atom is 0.341 e. The van der Waals surface area contributed by atoms with Crippen molar-refractivity contribution in [2.24, 2.45) is 11.8 Å². The van der Waals surface area contributed by atoms with E-state index < -0.39 is 11.6 Å². The summed E-state index contributed by atoms with van der Waals surface area (Å²) in [6, 6.07) is 0. The SMILES string of the molecule is C#C/C=C(CCCCC)\C(C(=O)OC)=C(\O)CC1C=C(C)CCC1C(C)(C)O. The molecule has 4 nitrogen and oxygen atoms in total. The van der Waals surface area contributed by atoms with Crippen LogP contribution in [-0.4, -0.2) is 28.9 Å². The first kappa shape index (κ1) is 24.0. The van der Waals surface area contributed by atoms with Crippen LogP contribution in [0.2, 0.25) is 0 Å². The first-order valence-electron chi connectivity index (χ1n) is 10.2. The number of aliphatic hydroxyl groups excluding tert-OH is 1. The Kier molecular flexibility index (Phi) is 9.55. The van der Waals surface area contributed by atoms with E-state index in [0.717, 1.165) is 32.1 Å². The molecule has 0 saturated heterocycles. The Labute approximate surface area is 170 Å². The van der Waals surface area contributed by atoms with Crippen LogP contribution in [0, 0.1) is 24.2 Å². The summed E-state index contributed by atoms with van der Waals surface area (Å²) < 4.78 is 4.94. The van der Waals surface area contributed by atoms with Crippen LogP contribution in [0.3, 0.4) is 0 Å². The summed E-state index contributed by atoms with van der Waals surface area (Å²) in [5.41, 5.74) is 1.17. The minimum absolute atomic E-state index is 0.00241. The predicted octanol–water partition coefficient (Wildman–Crippen LogP) is 5.24. The van der Waals surface area contributed by atoms with E-state index in [-0.39, 0.29) is 29.6 Å². The maximum atomic E-state index is 12.5. The van der Waals surface area contributed by atoms with Gasteiger partial charge in [0, 0.05) is 6.42 Å². The molecule has 0 amide bonds. The van der Waals surface area contributed by atoms with E-state index in [1.54, 1.807) is 19.9 Å². The lowest BCUT2D eigenvalue weighted by Gasteiger charge is -2.38. The third-order valence-electron chi connectivity index (χ3n) is 5.51. The highest BCUT2D eigenvalue weighted by atomic mass is 16.5. The van der Waals surface area contributed by atoms with Crippen molar-refractivity contribution in [2.75, 3.05) is 7.11 Å². The number of ether oxygens (including phenoxy) is 1. The van der Waals surface area contributed by atoms with Crippen molar-refractivity contribution < 1.29 is 19.7 Å². The van der Waals surface area contributed by atoms with Gasteiger partial charge in [0.1, 0.15) is 11.3 Å². The lowest BCUT2D eigenvalue weighted by Crippen LogP contribution is -2.37. The van der Waals surface area contributed by atoms with Crippen LogP contribution in [0.15, 0.2) is 34.6 Å². The Hall–Kier alpha value is -1.99. The fourth-order valence-corrected chi connectivity index (χ4v) is 4.04. The van der Waals surface area contributed by atoms with Gasteiger partial charge in [0.25, 0.3) is 0 Å². The molecule has 1 rings (SSSR count). The van der Waals surface area contributed by atoms with Gasteiger partial charge in [-0.05, 0) is 69.9 Å². The van der Waals surface area contributed by atoms with Gasteiger partial charge in [0.15, 0.2) is 0 Å². The molecule has 0 aromatic carbocycles. The van der Waals surface area contributed by atoms with Gasteiger partial charge in [-0.3, -0.25) is 0 Å². The molecule has 2 N–H and O–H groups in total. The third-order valence-corrected chi connectivity index (χ3v) is 5.51.